The molecule has 1 aliphatic heterocycles. The summed E-state index contributed by atoms with van der Waals surface area (Å²) in [4.78, 5) is 15.2. The molecule has 1 aliphatic carbocycles. The van der Waals surface area contributed by atoms with Crippen molar-refractivity contribution in [3.63, 3.8) is 0 Å². The molecule has 216 valence electrons. The van der Waals surface area contributed by atoms with Crippen LogP contribution in [0.1, 0.15) is 76.2 Å². The molecule has 1 saturated heterocycles. The van der Waals surface area contributed by atoms with Gasteiger partial charge in [-0.3, -0.25) is 0 Å². The van der Waals surface area contributed by atoms with Crippen molar-refractivity contribution in [2.24, 2.45) is 11.8 Å². The summed E-state index contributed by atoms with van der Waals surface area (Å²) in [7, 11) is 3.43. The number of halogens is 2. The van der Waals surface area contributed by atoms with Gasteiger partial charge in [0, 0.05) is 44.8 Å². The van der Waals surface area contributed by atoms with E-state index in [0.717, 1.165) is 25.7 Å². The maximum absolute atomic E-state index is 15.2. The number of likely N-dealkylation sites (N-methyl/N-ethyl adjacent to an activating group) is 1. The van der Waals surface area contributed by atoms with Crippen molar-refractivity contribution in [2.45, 2.75) is 88.4 Å². The lowest BCUT2D eigenvalue weighted by atomic mass is 9.74. The van der Waals surface area contributed by atoms with Crippen LogP contribution in [-0.2, 0) is 10.3 Å². The lowest BCUT2D eigenvalue weighted by molar-refractivity contribution is -0.0589. The highest BCUT2D eigenvalue weighted by molar-refractivity contribution is 6.30. The Morgan fingerprint density at radius 3 is 2.71 bits per heavy atom. The highest BCUT2D eigenvalue weighted by Crippen LogP contribution is 2.42. The van der Waals surface area contributed by atoms with Crippen LogP contribution in [-0.4, -0.2) is 73.7 Å². The van der Waals surface area contributed by atoms with Gasteiger partial charge in [0.05, 0.1) is 22.8 Å². The molecular weight excluding hydrogens is 509 g/mol. The van der Waals surface area contributed by atoms with E-state index in [1.165, 1.54) is 25.3 Å². The Kier molecular flexibility index (Phi) is 12.6. The van der Waals surface area contributed by atoms with Gasteiger partial charge in [-0.15, -0.1) is 0 Å². The number of carbonyl (C=O) groups excluding carboxylic acids is 1. The molecule has 1 unspecified atom stereocenters. The zero-order chi connectivity index (χ0) is 27.5. The van der Waals surface area contributed by atoms with Crippen molar-refractivity contribution in [1.29, 1.82) is 0 Å². The fraction of sp³-hybridized carbons (Fsp3) is 0.759. The second kappa shape index (κ2) is 15.4. The number of carbonyl (C=O) groups is 1. The first-order chi connectivity index (χ1) is 18.3. The third-order valence-corrected chi connectivity index (χ3v) is 8.75. The van der Waals surface area contributed by atoms with Crippen LogP contribution < -0.4 is 10.6 Å². The zero-order valence-corrected chi connectivity index (χ0v) is 23.8. The van der Waals surface area contributed by atoms with Gasteiger partial charge in [-0.2, -0.15) is 0 Å². The number of aliphatic hydroxyl groups is 2. The number of piperidine rings is 1. The fourth-order valence-electron chi connectivity index (χ4n) is 6.28. The van der Waals surface area contributed by atoms with E-state index in [-0.39, 0.29) is 28.6 Å². The molecule has 2 fully saturated rings. The second-order valence-corrected chi connectivity index (χ2v) is 11.6. The molecule has 7 nitrogen and oxygen atoms in total. The number of aliphatic hydroxyl groups excluding tert-OH is 1. The number of nitrogens with zero attached hydrogens (tertiary/aromatic N) is 1. The Balaban J connectivity index is 1.75. The topological polar surface area (TPSA) is 94.1 Å². The zero-order valence-electron chi connectivity index (χ0n) is 23.1. The molecule has 2 amide bonds. The average molecular weight is 556 g/mol. The molecule has 38 heavy (non-hydrogen) atoms. The fourth-order valence-corrected chi connectivity index (χ4v) is 6.46. The van der Waals surface area contributed by atoms with E-state index < -0.39 is 17.5 Å². The van der Waals surface area contributed by atoms with E-state index in [1.807, 2.05) is 0 Å². The minimum absolute atomic E-state index is 0.0210. The Morgan fingerprint density at radius 1 is 1.24 bits per heavy atom. The molecule has 0 radical (unpaired) electrons. The van der Waals surface area contributed by atoms with Crippen LogP contribution >= 0.6 is 11.6 Å². The number of unbranched alkanes of at least 4 members (excludes halogenated alkanes) is 1. The first kappa shape index (κ1) is 31.1. The summed E-state index contributed by atoms with van der Waals surface area (Å²) in [6.07, 6.45) is 9.09. The molecule has 3 rings (SSSR count). The van der Waals surface area contributed by atoms with E-state index in [9.17, 15) is 15.0 Å². The van der Waals surface area contributed by atoms with Crippen molar-refractivity contribution >= 4 is 17.6 Å². The van der Waals surface area contributed by atoms with Gasteiger partial charge in [-0.05, 0) is 57.6 Å². The molecule has 0 aromatic heterocycles. The molecule has 1 aromatic rings. The Labute approximate surface area is 232 Å². The minimum atomic E-state index is -1.46. The summed E-state index contributed by atoms with van der Waals surface area (Å²) in [6, 6.07) is 4.16. The van der Waals surface area contributed by atoms with Crippen LogP contribution in [0.5, 0.6) is 0 Å². The van der Waals surface area contributed by atoms with Gasteiger partial charge >= 0.3 is 6.03 Å². The minimum Gasteiger partial charge on any atom is -0.390 e. The number of hydrogen-bond donors (Lipinski definition) is 4. The lowest BCUT2D eigenvalue weighted by Gasteiger charge is -2.43. The van der Waals surface area contributed by atoms with E-state index in [0.29, 0.717) is 57.8 Å². The predicted molar refractivity (Wildman–Crippen MR) is 149 cm³/mol. The maximum Gasteiger partial charge on any atom is 0.317 e. The van der Waals surface area contributed by atoms with Crippen molar-refractivity contribution in [3.8, 4) is 0 Å². The van der Waals surface area contributed by atoms with Gasteiger partial charge in [-0.25, -0.2) is 9.18 Å². The van der Waals surface area contributed by atoms with Crippen LogP contribution in [0.3, 0.4) is 0 Å². The number of hydrogen-bond acceptors (Lipinski definition) is 5. The van der Waals surface area contributed by atoms with Crippen LogP contribution in [0.2, 0.25) is 5.02 Å². The van der Waals surface area contributed by atoms with Gasteiger partial charge in [0.1, 0.15) is 5.82 Å². The summed E-state index contributed by atoms with van der Waals surface area (Å²) < 4.78 is 20.4. The van der Waals surface area contributed by atoms with Crippen LogP contribution in [0.4, 0.5) is 9.18 Å². The molecule has 0 spiro atoms. The Bertz CT molecular complexity index is 872. The van der Waals surface area contributed by atoms with E-state index in [2.05, 4.69) is 10.6 Å². The molecule has 2 aliphatic rings. The summed E-state index contributed by atoms with van der Waals surface area (Å²) >= 11 is 6.10. The number of urea groups is 1. The van der Waals surface area contributed by atoms with Crippen molar-refractivity contribution in [2.75, 3.05) is 40.4 Å². The highest BCUT2D eigenvalue weighted by atomic mass is 35.5. The van der Waals surface area contributed by atoms with E-state index in [4.69, 9.17) is 16.3 Å². The molecule has 4 atom stereocenters. The maximum atomic E-state index is 15.2. The second-order valence-electron chi connectivity index (χ2n) is 11.2. The summed E-state index contributed by atoms with van der Waals surface area (Å²) in [6.45, 7) is 1.81. The van der Waals surface area contributed by atoms with E-state index >= 15 is 4.39 Å². The summed E-state index contributed by atoms with van der Waals surface area (Å²) in [5.41, 5.74) is -1.27. The van der Waals surface area contributed by atoms with Crippen LogP contribution in [0.15, 0.2) is 18.2 Å². The average Bonchev–Trinajstić information content (AvgIpc) is 2.93. The number of nitrogens with one attached hydrogen (secondary N) is 2. The Morgan fingerprint density at radius 2 is 2.00 bits per heavy atom. The predicted octanol–water partition coefficient (Wildman–Crippen LogP) is 4.82. The number of ether oxygens (including phenoxy) is 1. The monoisotopic (exact) mass is 555 g/mol. The van der Waals surface area contributed by atoms with Gasteiger partial charge < -0.3 is 30.5 Å². The number of benzene rings is 1. The quantitative estimate of drug-likeness (QED) is 0.262. The molecule has 9 heteroatoms. The van der Waals surface area contributed by atoms with Gasteiger partial charge in [0.2, 0.25) is 0 Å². The first-order valence-electron chi connectivity index (χ1n) is 14.3. The SMILES string of the molecule is CNC[C@@H](O)[C@H](CC1CCCCC1)NC(=O)N1CCCC([C@@](O)(CCCCOC)c2cccc(Cl)c2F)C1. The highest BCUT2D eigenvalue weighted by Gasteiger charge is 2.43. The largest absolute Gasteiger partial charge is 0.390 e. The number of methoxy groups -OCH3 is 1. The standard InChI is InChI=1S/C29H47ClFN3O4/c1-32-19-26(35)25(18-21-10-4-3-5-11-21)33-28(36)34-16-9-12-22(20-34)29(37,15-6-7-17-38-2)23-13-8-14-24(30)27(23)31/h8,13-14,21-22,25-26,32,35,37H,3-7,9-12,15-20H2,1-2H3,(H,33,36)/t22?,25-,26+,29-/m0/s1. The molecule has 4 N–H and O–H groups in total. The summed E-state index contributed by atoms with van der Waals surface area (Å²) in [5, 5.41) is 28.9. The lowest BCUT2D eigenvalue weighted by Crippen LogP contribution is -2.55. The van der Waals surface area contributed by atoms with Gasteiger partial charge in [0.25, 0.3) is 0 Å². The third-order valence-electron chi connectivity index (χ3n) is 8.46. The van der Waals surface area contributed by atoms with Crippen LogP contribution in [0.25, 0.3) is 0 Å². The van der Waals surface area contributed by atoms with Gasteiger partial charge in [-0.1, -0.05) is 55.8 Å². The number of rotatable bonds is 13. The number of likely N-dealkylation sites (tertiary alicyclic amines) is 1. The van der Waals surface area contributed by atoms with Crippen molar-refractivity contribution < 1.29 is 24.1 Å². The first-order valence-corrected chi connectivity index (χ1v) is 14.7. The molecule has 1 saturated carbocycles. The number of amides is 2. The van der Waals surface area contributed by atoms with Crippen molar-refractivity contribution in [3.05, 3.63) is 34.6 Å². The normalized spacial score (nSPS) is 22.1. The smallest absolute Gasteiger partial charge is 0.317 e. The summed E-state index contributed by atoms with van der Waals surface area (Å²) in [5.74, 6) is -0.457. The van der Waals surface area contributed by atoms with Gasteiger partial charge in [0.15, 0.2) is 0 Å². The third kappa shape index (κ3) is 8.28. The molecule has 1 heterocycles. The molecular formula is C29H47ClFN3O4. The molecule has 0 bridgehead atoms. The van der Waals surface area contributed by atoms with Crippen LogP contribution in [0, 0.1) is 17.7 Å². The van der Waals surface area contributed by atoms with Crippen molar-refractivity contribution in [1.82, 2.24) is 15.5 Å². The Hall–Kier alpha value is -1.45. The molecule has 1 aromatic carbocycles. The van der Waals surface area contributed by atoms with E-state index in [1.54, 1.807) is 31.2 Å².